The van der Waals surface area contributed by atoms with E-state index < -0.39 is 44.2 Å². The summed E-state index contributed by atoms with van der Waals surface area (Å²) in [6.07, 6.45) is -2.04. The van der Waals surface area contributed by atoms with Crippen molar-refractivity contribution in [3.63, 3.8) is 0 Å². The van der Waals surface area contributed by atoms with Gasteiger partial charge in [-0.2, -0.15) is 13.2 Å². The summed E-state index contributed by atoms with van der Waals surface area (Å²) in [5.41, 5.74) is -1.35. The average molecular weight is 592 g/mol. The summed E-state index contributed by atoms with van der Waals surface area (Å²) in [5.74, 6) is -1.03. The van der Waals surface area contributed by atoms with Gasteiger partial charge in [0.1, 0.15) is 6.54 Å². The highest BCUT2D eigenvalue weighted by Gasteiger charge is 2.33. The van der Waals surface area contributed by atoms with E-state index in [9.17, 15) is 34.8 Å². The normalized spacial score (nSPS) is 12.0. The number of nitrogens with one attached hydrogen (secondary N) is 2. The zero-order valence-electron chi connectivity index (χ0n) is 20.3. The number of rotatable bonds is 9. The molecule has 0 aliphatic carbocycles. The number of aromatic nitrogens is 2. The van der Waals surface area contributed by atoms with Crippen LogP contribution in [0.3, 0.4) is 0 Å². The highest BCUT2D eigenvalue weighted by atomic mass is 32.2. The second kappa shape index (κ2) is 11.3. The SMILES string of the molecule is O=C(CN(c1cccc(C(F)(F)F)c1)S(=O)(=O)c1ccccc1)Nc1ccc(S(=O)(=O)Nc2ncccn2)cc1. The van der Waals surface area contributed by atoms with Crippen molar-refractivity contribution in [1.82, 2.24) is 9.97 Å². The molecule has 4 aromatic rings. The number of nitrogens with zero attached hydrogens (tertiary/aromatic N) is 3. The number of carbonyl (C=O) groups is 1. The molecule has 0 radical (unpaired) electrons. The van der Waals surface area contributed by atoms with Crippen LogP contribution < -0.4 is 14.3 Å². The molecule has 0 aliphatic heterocycles. The maximum absolute atomic E-state index is 13.4. The quantitative estimate of drug-likeness (QED) is 0.299. The number of halogens is 3. The summed E-state index contributed by atoms with van der Waals surface area (Å²) in [5, 5.41) is 2.43. The van der Waals surface area contributed by atoms with Gasteiger partial charge < -0.3 is 5.32 Å². The van der Waals surface area contributed by atoms with Crippen LogP contribution in [0.1, 0.15) is 5.56 Å². The van der Waals surface area contributed by atoms with Gasteiger partial charge in [-0.05, 0) is 60.7 Å². The zero-order chi connectivity index (χ0) is 29.0. The second-order valence-corrected chi connectivity index (χ2v) is 11.7. The lowest BCUT2D eigenvalue weighted by molar-refractivity contribution is -0.137. The van der Waals surface area contributed by atoms with Gasteiger partial charge in [0.15, 0.2) is 0 Å². The van der Waals surface area contributed by atoms with Gasteiger partial charge in [0.2, 0.25) is 11.9 Å². The van der Waals surface area contributed by atoms with E-state index in [1.807, 2.05) is 0 Å². The first-order chi connectivity index (χ1) is 18.9. The molecule has 2 N–H and O–H groups in total. The van der Waals surface area contributed by atoms with E-state index in [4.69, 9.17) is 0 Å². The van der Waals surface area contributed by atoms with Crippen molar-refractivity contribution in [2.75, 3.05) is 20.9 Å². The number of amides is 1. The molecular formula is C25H20F3N5O5S2. The lowest BCUT2D eigenvalue weighted by Gasteiger charge is -2.25. The Balaban J connectivity index is 1.57. The number of anilines is 3. The van der Waals surface area contributed by atoms with Crippen molar-refractivity contribution >= 4 is 43.3 Å². The van der Waals surface area contributed by atoms with E-state index >= 15 is 0 Å². The van der Waals surface area contributed by atoms with E-state index in [0.29, 0.717) is 10.4 Å². The summed E-state index contributed by atoms with van der Waals surface area (Å²) in [6.45, 7) is -0.870. The molecule has 15 heteroatoms. The van der Waals surface area contributed by atoms with Crippen LogP contribution in [0.5, 0.6) is 0 Å². The minimum atomic E-state index is -4.75. The van der Waals surface area contributed by atoms with Crippen molar-refractivity contribution in [2.45, 2.75) is 16.0 Å². The molecular weight excluding hydrogens is 571 g/mol. The lowest BCUT2D eigenvalue weighted by Crippen LogP contribution is -2.38. The molecule has 40 heavy (non-hydrogen) atoms. The maximum atomic E-state index is 13.4. The molecule has 0 saturated heterocycles. The molecule has 10 nitrogen and oxygen atoms in total. The van der Waals surface area contributed by atoms with Crippen molar-refractivity contribution in [1.29, 1.82) is 0 Å². The lowest BCUT2D eigenvalue weighted by atomic mass is 10.2. The Morgan fingerprint density at radius 2 is 1.45 bits per heavy atom. The molecule has 3 aromatic carbocycles. The molecule has 1 aromatic heterocycles. The topological polar surface area (TPSA) is 138 Å². The Labute approximate surface area is 227 Å². The maximum Gasteiger partial charge on any atom is 0.416 e. The number of hydrogen-bond acceptors (Lipinski definition) is 7. The predicted molar refractivity (Wildman–Crippen MR) is 140 cm³/mol. The third-order valence-corrected chi connectivity index (χ3v) is 8.45. The number of alkyl halides is 3. The third-order valence-electron chi connectivity index (χ3n) is 5.32. The van der Waals surface area contributed by atoms with E-state index in [-0.39, 0.29) is 27.1 Å². The number of benzene rings is 3. The van der Waals surface area contributed by atoms with Crippen molar-refractivity contribution in [3.8, 4) is 0 Å². The van der Waals surface area contributed by atoms with Crippen LogP contribution in [-0.2, 0) is 31.0 Å². The summed E-state index contributed by atoms with van der Waals surface area (Å²) in [4.78, 5) is 20.1. The highest BCUT2D eigenvalue weighted by Crippen LogP contribution is 2.33. The van der Waals surface area contributed by atoms with E-state index in [2.05, 4.69) is 20.0 Å². The monoisotopic (exact) mass is 591 g/mol. The first kappa shape index (κ1) is 28.5. The first-order valence-corrected chi connectivity index (χ1v) is 14.2. The molecule has 1 amide bonds. The molecule has 4 rings (SSSR count). The van der Waals surface area contributed by atoms with Gasteiger partial charge in [-0.3, -0.25) is 9.10 Å². The Hall–Kier alpha value is -4.50. The minimum absolute atomic E-state index is 0.112. The van der Waals surface area contributed by atoms with E-state index in [1.54, 1.807) is 6.07 Å². The van der Waals surface area contributed by atoms with Crippen LogP contribution in [0.4, 0.5) is 30.5 Å². The summed E-state index contributed by atoms with van der Waals surface area (Å²) < 4.78 is 94.6. The zero-order valence-corrected chi connectivity index (χ0v) is 21.9. The third kappa shape index (κ3) is 6.73. The summed E-state index contributed by atoms with van der Waals surface area (Å²) >= 11 is 0. The van der Waals surface area contributed by atoms with Crippen LogP contribution in [0, 0.1) is 0 Å². The molecule has 0 atom stereocenters. The van der Waals surface area contributed by atoms with Gasteiger partial charge >= 0.3 is 6.18 Å². The highest BCUT2D eigenvalue weighted by molar-refractivity contribution is 7.93. The molecule has 208 valence electrons. The number of carbonyl (C=O) groups excluding carboxylic acids is 1. The molecule has 0 aliphatic rings. The first-order valence-electron chi connectivity index (χ1n) is 11.3. The molecule has 0 unspecified atom stereocenters. The predicted octanol–water partition coefficient (Wildman–Crippen LogP) is 4.13. The molecule has 0 fully saturated rings. The Kier molecular flexibility index (Phi) is 8.06. The van der Waals surface area contributed by atoms with Gasteiger partial charge in [-0.15, -0.1) is 0 Å². The van der Waals surface area contributed by atoms with Crippen LogP contribution in [0.25, 0.3) is 0 Å². The Bertz CT molecular complexity index is 1700. The average Bonchev–Trinajstić information content (AvgIpc) is 2.92. The van der Waals surface area contributed by atoms with Crippen LogP contribution >= 0.6 is 0 Å². The Morgan fingerprint density at radius 3 is 2.08 bits per heavy atom. The van der Waals surface area contributed by atoms with E-state index in [1.165, 1.54) is 67.0 Å². The van der Waals surface area contributed by atoms with Gasteiger partial charge in [-0.1, -0.05) is 24.3 Å². The number of sulfonamides is 2. The molecule has 0 saturated carbocycles. The molecule has 0 bridgehead atoms. The number of hydrogen-bond donors (Lipinski definition) is 2. The van der Waals surface area contributed by atoms with Crippen molar-refractivity contribution in [3.05, 3.63) is 103 Å². The minimum Gasteiger partial charge on any atom is -0.325 e. The van der Waals surface area contributed by atoms with Gasteiger partial charge in [0.25, 0.3) is 20.0 Å². The van der Waals surface area contributed by atoms with Gasteiger partial charge in [-0.25, -0.2) is 31.5 Å². The smallest absolute Gasteiger partial charge is 0.325 e. The van der Waals surface area contributed by atoms with Gasteiger partial charge in [0.05, 0.1) is 21.0 Å². The van der Waals surface area contributed by atoms with Crippen LogP contribution in [-0.4, -0.2) is 39.3 Å². The molecule has 1 heterocycles. The Morgan fingerprint density at radius 1 is 0.800 bits per heavy atom. The van der Waals surface area contributed by atoms with E-state index in [0.717, 1.165) is 18.2 Å². The van der Waals surface area contributed by atoms with Crippen molar-refractivity contribution in [2.24, 2.45) is 0 Å². The van der Waals surface area contributed by atoms with Crippen molar-refractivity contribution < 1.29 is 34.8 Å². The fourth-order valence-corrected chi connectivity index (χ4v) is 5.84. The van der Waals surface area contributed by atoms with Crippen LogP contribution in [0.15, 0.2) is 107 Å². The summed E-state index contributed by atoms with van der Waals surface area (Å²) in [7, 11) is -8.50. The largest absolute Gasteiger partial charge is 0.416 e. The molecule has 0 spiro atoms. The fraction of sp³-hybridized carbons (Fsp3) is 0.0800. The van der Waals surface area contributed by atoms with Crippen LogP contribution in [0.2, 0.25) is 0 Å². The second-order valence-electron chi connectivity index (χ2n) is 8.12. The summed E-state index contributed by atoms with van der Waals surface area (Å²) in [6, 6.07) is 16.9. The standard InChI is InChI=1S/C25H20F3N5O5S2/c26-25(27,28)18-6-4-7-20(16-18)33(40(37,38)22-8-2-1-3-9-22)17-23(34)31-19-10-12-21(13-11-19)39(35,36)32-24-29-14-5-15-30-24/h1-16H,17H2,(H,31,34)(H,29,30,32). The fourth-order valence-electron chi connectivity index (χ4n) is 3.45. The van der Waals surface area contributed by atoms with Gasteiger partial charge in [0, 0.05) is 18.1 Å².